The van der Waals surface area contributed by atoms with Crippen LogP contribution in [0.3, 0.4) is 0 Å². The molecule has 0 aliphatic carbocycles. The Morgan fingerprint density at radius 3 is 2.10 bits per heavy atom. The van der Waals surface area contributed by atoms with E-state index in [9.17, 15) is 0 Å². The van der Waals surface area contributed by atoms with Crippen LogP contribution in [0.5, 0.6) is 0 Å². The fraction of sp³-hybridized carbons (Fsp3) is 0. The molecule has 0 amide bonds. The van der Waals surface area contributed by atoms with Crippen molar-refractivity contribution in [1.29, 1.82) is 0 Å². The molecule has 1 rings (SSSR count). The van der Waals surface area contributed by atoms with Crippen LogP contribution in [0.4, 0.5) is 17.1 Å². The van der Waals surface area contributed by atoms with Crippen molar-refractivity contribution in [2.45, 2.75) is 4.90 Å². The van der Waals surface area contributed by atoms with Gasteiger partial charge in [-0.3, -0.25) is 0 Å². The van der Waals surface area contributed by atoms with Gasteiger partial charge >= 0.3 is 0 Å². The van der Waals surface area contributed by atoms with Crippen LogP contribution in [0.2, 0.25) is 0 Å². The van der Waals surface area contributed by atoms with E-state index in [2.05, 4.69) is 0 Å². The van der Waals surface area contributed by atoms with Crippen LogP contribution < -0.4 is 17.2 Å². The number of hydrogen-bond donors (Lipinski definition) is 3. The van der Waals surface area contributed by atoms with Gasteiger partial charge in [-0.15, -0.1) is 4.90 Å². The van der Waals surface area contributed by atoms with Crippen molar-refractivity contribution in [2.24, 2.45) is 0 Å². The molecule has 6 N–H and O–H groups in total. The molecule has 0 atom stereocenters. The fourth-order valence-corrected chi connectivity index (χ4v) is 0.811. The molecule has 0 spiro atoms. The van der Waals surface area contributed by atoms with Crippen LogP contribution in [0.1, 0.15) is 0 Å². The maximum Gasteiger partial charge on any atom is 0.0765 e. The highest BCUT2D eigenvalue weighted by Crippen LogP contribution is 2.25. The molecule has 0 saturated carbocycles. The van der Waals surface area contributed by atoms with E-state index >= 15 is 0 Å². The molecule has 0 radical (unpaired) electrons. The van der Waals surface area contributed by atoms with E-state index in [0.29, 0.717) is 22.0 Å². The molecule has 3 nitrogen and oxygen atoms in total. The lowest BCUT2D eigenvalue weighted by atomic mass is 10.2. The first-order valence-electron chi connectivity index (χ1n) is 2.73. The Morgan fingerprint density at radius 1 is 1.00 bits per heavy atom. The van der Waals surface area contributed by atoms with Crippen LogP contribution in [0, 0.1) is 0 Å². The molecule has 0 bridgehead atoms. The van der Waals surface area contributed by atoms with Crippen molar-refractivity contribution in [3.63, 3.8) is 0 Å². The zero-order valence-electron chi connectivity index (χ0n) is 5.29. The lowest BCUT2D eigenvalue weighted by Gasteiger charge is -2.13. The maximum absolute atomic E-state index is 5.47. The minimum atomic E-state index is 0.382. The number of rotatable bonds is 0. The standard InChI is InChI=1S/C6H9N3S/c7-3-1-2-4(10)6(9)5(3)8/h1-2,10H,7-9H2/p-1. The van der Waals surface area contributed by atoms with E-state index in [4.69, 9.17) is 29.8 Å². The highest BCUT2D eigenvalue weighted by molar-refractivity contribution is 7.59. The minimum Gasteiger partial charge on any atom is -0.778 e. The summed E-state index contributed by atoms with van der Waals surface area (Å²) in [6.07, 6.45) is 0. The summed E-state index contributed by atoms with van der Waals surface area (Å²) in [4.78, 5) is 0.548. The van der Waals surface area contributed by atoms with Gasteiger partial charge in [-0.05, 0) is 6.07 Å². The molecule has 0 fully saturated rings. The molecule has 0 heterocycles. The zero-order valence-corrected chi connectivity index (χ0v) is 6.11. The van der Waals surface area contributed by atoms with Crippen molar-refractivity contribution in [2.75, 3.05) is 17.2 Å². The Bertz CT molecular complexity index is 232. The third-order valence-electron chi connectivity index (χ3n) is 1.28. The van der Waals surface area contributed by atoms with E-state index in [1.165, 1.54) is 0 Å². The Labute approximate surface area is 64.6 Å². The third-order valence-corrected chi connectivity index (χ3v) is 1.64. The summed E-state index contributed by atoms with van der Waals surface area (Å²) in [5.41, 5.74) is 17.6. The van der Waals surface area contributed by atoms with E-state index < -0.39 is 0 Å². The second kappa shape index (κ2) is 2.22. The van der Waals surface area contributed by atoms with Gasteiger partial charge in [-0.25, -0.2) is 0 Å². The number of nitrogens with two attached hydrogens (primary N) is 3. The molecule has 54 valence electrons. The summed E-state index contributed by atoms with van der Waals surface area (Å²) < 4.78 is 0. The minimum absolute atomic E-state index is 0.382. The molecule has 1 aromatic carbocycles. The van der Waals surface area contributed by atoms with Gasteiger partial charge in [0.15, 0.2) is 0 Å². The number of benzene rings is 1. The topological polar surface area (TPSA) is 78.1 Å². The lowest BCUT2D eigenvalue weighted by molar-refractivity contribution is 1.47. The molecular weight excluding hydrogens is 146 g/mol. The van der Waals surface area contributed by atoms with Crippen LogP contribution in [-0.4, -0.2) is 0 Å². The van der Waals surface area contributed by atoms with Gasteiger partial charge in [0.1, 0.15) is 0 Å². The van der Waals surface area contributed by atoms with E-state index in [-0.39, 0.29) is 0 Å². The first-order valence-corrected chi connectivity index (χ1v) is 3.14. The molecule has 0 aromatic heterocycles. The molecular formula is C6H8N3S-. The summed E-state index contributed by atoms with van der Waals surface area (Å²) in [6.45, 7) is 0. The Hall–Kier alpha value is -1.16. The van der Waals surface area contributed by atoms with Crippen molar-refractivity contribution in [3.05, 3.63) is 12.1 Å². The van der Waals surface area contributed by atoms with Gasteiger partial charge in [-0.1, -0.05) is 6.07 Å². The second-order valence-electron chi connectivity index (χ2n) is 1.98. The number of hydrogen-bond acceptors (Lipinski definition) is 4. The van der Waals surface area contributed by atoms with E-state index in [1.807, 2.05) is 0 Å². The molecule has 1 aromatic rings. The summed E-state index contributed by atoms with van der Waals surface area (Å²) in [5.74, 6) is 0. The highest BCUT2D eigenvalue weighted by Gasteiger charge is 1.96. The van der Waals surface area contributed by atoms with Crippen molar-refractivity contribution < 1.29 is 0 Å². The third kappa shape index (κ3) is 0.930. The molecule has 10 heavy (non-hydrogen) atoms. The first kappa shape index (κ1) is 6.95. The van der Waals surface area contributed by atoms with Crippen molar-refractivity contribution in [1.82, 2.24) is 0 Å². The largest absolute Gasteiger partial charge is 0.778 e. The molecule has 4 heteroatoms. The Balaban J connectivity index is 3.34. The van der Waals surface area contributed by atoms with Gasteiger partial charge in [0.05, 0.1) is 11.4 Å². The average molecular weight is 154 g/mol. The number of nitrogen functional groups attached to an aromatic ring is 3. The van der Waals surface area contributed by atoms with Gasteiger partial charge in [0, 0.05) is 5.69 Å². The van der Waals surface area contributed by atoms with Crippen LogP contribution in [0.15, 0.2) is 17.0 Å². The average Bonchev–Trinajstić information content (AvgIpc) is 1.93. The highest BCUT2D eigenvalue weighted by atomic mass is 32.1. The van der Waals surface area contributed by atoms with Crippen molar-refractivity contribution >= 4 is 29.7 Å². The molecule has 0 aliphatic heterocycles. The SMILES string of the molecule is Nc1ccc([S-])c(N)c1N. The van der Waals surface area contributed by atoms with Gasteiger partial charge in [0.2, 0.25) is 0 Å². The van der Waals surface area contributed by atoms with Crippen molar-refractivity contribution in [3.8, 4) is 0 Å². The fourth-order valence-electron chi connectivity index (χ4n) is 0.633. The first-order chi connectivity index (χ1) is 4.63. The molecule has 0 saturated heterocycles. The summed E-state index contributed by atoms with van der Waals surface area (Å²) in [7, 11) is 0. The van der Waals surface area contributed by atoms with Gasteiger partial charge in [0.25, 0.3) is 0 Å². The summed E-state index contributed by atoms with van der Waals surface area (Å²) in [6, 6.07) is 3.31. The van der Waals surface area contributed by atoms with Crippen LogP contribution >= 0.6 is 0 Å². The predicted molar refractivity (Wildman–Crippen MR) is 45.3 cm³/mol. The zero-order chi connectivity index (χ0) is 7.72. The number of anilines is 3. The van der Waals surface area contributed by atoms with E-state index in [1.54, 1.807) is 12.1 Å². The lowest BCUT2D eigenvalue weighted by Crippen LogP contribution is -2.00. The van der Waals surface area contributed by atoms with Gasteiger partial charge in [-0.2, -0.15) is 0 Å². The Kier molecular flexibility index (Phi) is 1.55. The quantitative estimate of drug-likeness (QED) is 0.372. The maximum atomic E-state index is 5.47. The predicted octanol–water partition coefficient (Wildman–Crippen LogP) is 0.339. The molecule has 0 unspecified atom stereocenters. The van der Waals surface area contributed by atoms with Crippen LogP contribution in [0.25, 0.3) is 0 Å². The summed E-state index contributed by atoms with van der Waals surface area (Å²) >= 11 is 4.84. The summed E-state index contributed by atoms with van der Waals surface area (Å²) in [5, 5.41) is 0. The monoisotopic (exact) mass is 154 g/mol. The van der Waals surface area contributed by atoms with Crippen LogP contribution in [-0.2, 0) is 12.6 Å². The smallest absolute Gasteiger partial charge is 0.0765 e. The Morgan fingerprint density at radius 2 is 1.60 bits per heavy atom. The normalized spacial score (nSPS) is 9.60. The van der Waals surface area contributed by atoms with E-state index in [0.717, 1.165) is 0 Å². The van der Waals surface area contributed by atoms with Gasteiger partial charge < -0.3 is 29.8 Å². The molecule has 0 aliphatic rings. The second-order valence-corrected chi connectivity index (χ2v) is 2.42.